The maximum atomic E-state index is 11.8. The summed E-state index contributed by atoms with van der Waals surface area (Å²) in [4.78, 5) is 35.8. The fourth-order valence-corrected chi connectivity index (χ4v) is 2.76. The first-order valence-electron chi connectivity index (χ1n) is 7.31. The zero-order valence-electron chi connectivity index (χ0n) is 13.1. The number of hydrogen-bond donors (Lipinski definition) is 1. The largest absolute Gasteiger partial charge is 0.465 e. The molecule has 8 heteroatoms. The number of esters is 1. The summed E-state index contributed by atoms with van der Waals surface area (Å²) in [6.45, 7) is 1.30. The highest BCUT2D eigenvalue weighted by molar-refractivity contribution is 5.95. The van der Waals surface area contributed by atoms with E-state index in [0.717, 1.165) is 0 Å². The lowest BCUT2D eigenvalue weighted by Crippen LogP contribution is -2.39. The number of rotatable bonds is 4. The van der Waals surface area contributed by atoms with E-state index < -0.39 is 10.9 Å². The normalized spacial score (nSPS) is 15.1. The number of ether oxygens (including phenoxy) is 1. The predicted molar refractivity (Wildman–Crippen MR) is 83.4 cm³/mol. The Balaban J connectivity index is 2.20. The number of nitro groups is 1. The third-order valence-corrected chi connectivity index (χ3v) is 4.06. The van der Waals surface area contributed by atoms with Gasteiger partial charge < -0.3 is 15.0 Å². The van der Waals surface area contributed by atoms with Crippen molar-refractivity contribution in [3.8, 4) is 0 Å². The van der Waals surface area contributed by atoms with E-state index in [-0.39, 0.29) is 23.1 Å². The maximum Gasteiger partial charge on any atom is 0.344 e. The highest BCUT2D eigenvalue weighted by Gasteiger charge is 2.27. The number of amides is 1. The Morgan fingerprint density at radius 1 is 1.35 bits per heavy atom. The minimum atomic E-state index is -0.737. The molecular formula is C15H19N3O5. The fraction of sp³-hybridized carbons (Fsp3) is 0.467. The second-order valence-corrected chi connectivity index (χ2v) is 5.33. The molecular weight excluding hydrogens is 302 g/mol. The monoisotopic (exact) mass is 321 g/mol. The molecule has 1 aliphatic rings. The molecule has 23 heavy (non-hydrogen) atoms. The topological polar surface area (TPSA) is 102 Å². The molecule has 0 unspecified atom stereocenters. The Hall–Kier alpha value is -2.64. The second-order valence-electron chi connectivity index (χ2n) is 5.33. The predicted octanol–water partition coefficient (Wildman–Crippen LogP) is 1.34. The molecule has 0 spiro atoms. The average molecular weight is 321 g/mol. The van der Waals surface area contributed by atoms with Gasteiger partial charge in [0.2, 0.25) is 5.91 Å². The molecule has 1 aromatic rings. The van der Waals surface area contributed by atoms with Crippen LogP contribution in [0.2, 0.25) is 0 Å². The molecule has 1 heterocycles. The lowest BCUT2D eigenvalue weighted by atomic mass is 9.95. The van der Waals surface area contributed by atoms with E-state index in [1.165, 1.54) is 19.2 Å². The Kier molecular flexibility index (Phi) is 5.15. The van der Waals surface area contributed by atoms with Crippen LogP contribution < -0.4 is 10.2 Å². The van der Waals surface area contributed by atoms with Gasteiger partial charge in [-0.25, -0.2) is 4.79 Å². The summed E-state index contributed by atoms with van der Waals surface area (Å²) in [5, 5.41) is 13.7. The third-order valence-electron chi connectivity index (χ3n) is 4.06. The molecule has 124 valence electrons. The molecule has 1 fully saturated rings. The number of piperidine rings is 1. The summed E-state index contributed by atoms with van der Waals surface area (Å²) in [5.74, 6) is -0.725. The van der Waals surface area contributed by atoms with Crippen LogP contribution >= 0.6 is 0 Å². The van der Waals surface area contributed by atoms with Crippen molar-refractivity contribution in [2.75, 3.05) is 32.1 Å². The van der Waals surface area contributed by atoms with Gasteiger partial charge in [-0.05, 0) is 25.0 Å². The van der Waals surface area contributed by atoms with Crippen LogP contribution in [0.15, 0.2) is 18.2 Å². The van der Waals surface area contributed by atoms with E-state index in [1.54, 1.807) is 13.1 Å². The van der Waals surface area contributed by atoms with Crippen molar-refractivity contribution < 1.29 is 19.2 Å². The first-order chi connectivity index (χ1) is 11.0. The number of nitrogens with one attached hydrogen (secondary N) is 1. The van der Waals surface area contributed by atoms with E-state index in [2.05, 4.69) is 10.1 Å². The van der Waals surface area contributed by atoms with Gasteiger partial charge in [-0.2, -0.15) is 0 Å². The van der Waals surface area contributed by atoms with E-state index in [9.17, 15) is 19.7 Å². The first-order valence-corrected chi connectivity index (χ1v) is 7.31. The number of anilines is 1. The molecule has 0 atom stereocenters. The van der Waals surface area contributed by atoms with Crippen molar-refractivity contribution in [2.24, 2.45) is 5.92 Å². The van der Waals surface area contributed by atoms with Gasteiger partial charge in [-0.1, -0.05) is 0 Å². The van der Waals surface area contributed by atoms with Crippen molar-refractivity contribution in [1.29, 1.82) is 0 Å². The number of carbonyl (C=O) groups excluding carboxylic acids is 2. The Morgan fingerprint density at radius 3 is 2.52 bits per heavy atom. The zero-order valence-corrected chi connectivity index (χ0v) is 13.1. The smallest absolute Gasteiger partial charge is 0.344 e. The molecule has 0 radical (unpaired) electrons. The van der Waals surface area contributed by atoms with Crippen LogP contribution in [0.5, 0.6) is 0 Å². The summed E-state index contributed by atoms with van der Waals surface area (Å²) in [7, 11) is 2.81. The average Bonchev–Trinajstić information content (AvgIpc) is 2.59. The number of nitro benzene ring substituents is 1. The van der Waals surface area contributed by atoms with Gasteiger partial charge in [0, 0.05) is 37.8 Å². The number of methoxy groups -OCH3 is 1. The van der Waals surface area contributed by atoms with Gasteiger partial charge in [0.05, 0.1) is 12.0 Å². The van der Waals surface area contributed by atoms with E-state index in [1.807, 2.05) is 4.90 Å². The van der Waals surface area contributed by atoms with Gasteiger partial charge in [-0.15, -0.1) is 0 Å². The van der Waals surface area contributed by atoms with Crippen LogP contribution in [-0.2, 0) is 9.53 Å². The van der Waals surface area contributed by atoms with Crippen LogP contribution in [0.3, 0.4) is 0 Å². The Bertz CT molecular complexity index is 624. The minimum absolute atomic E-state index is 0.0191. The third kappa shape index (κ3) is 3.58. The van der Waals surface area contributed by atoms with Crippen LogP contribution in [0, 0.1) is 16.0 Å². The van der Waals surface area contributed by atoms with E-state index in [4.69, 9.17) is 0 Å². The van der Waals surface area contributed by atoms with Crippen molar-refractivity contribution in [1.82, 2.24) is 5.32 Å². The molecule has 0 bridgehead atoms. The molecule has 0 aliphatic carbocycles. The highest BCUT2D eigenvalue weighted by atomic mass is 16.6. The number of nitrogens with zero attached hydrogens (tertiary/aromatic N) is 2. The van der Waals surface area contributed by atoms with E-state index in [0.29, 0.717) is 31.6 Å². The molecule has 0 aromatic heterocycles. The molecule has 0 saturated carbocycles. The summed E-state index contributed by atoms with van der Waals surface area (Å²) in [6, 6.07) is 4.40. The lowest BCUT2D eigenvalue weighted by Gasteiger charge is -2.32. The first kappa shape index (κ1) is 16.7. The molecule has 1 saturated heterocycles. The molecule has 1 amide bonds. The summed E-state index contributed by atoms with van der Waals surface area (Å²) in [6.07, 6.45) is 1.40. The molecule has 1 N–H and O–H groups in total. The maximum absolute atomic E-state index is 11.8. The molecule has 2 rings (SSSR count). The van der Waals surface area contributed by atoms with Crippen molar-refractivity contribution in [3.05, 3.63) is 33.9 Å². The number of carbonyl (C=O) groups is 2. The van der Waals surface area contributed by atoms with Crippen molar-refractivity contribution in [2.45, 2.75) is 12.8 Å². The minimum Gasteiger partial charge on any atom is -0.465 e. The number of benzene rings is 1. The lowest BCUT2D eigenvalue weighted by molar-refractivity contribution is -0.385. The molecule has 8 nitrogen and oxygen atoms in total. The van der Waals surface area contributed by atoms with Crippen LogP contribution in [0.1, 0.15) is 23.2 Å². The van der Waals surface area contributed by atoms with Crippen molar-refractivity contribution >= 4 is 23.3 Å². The van der Waals surface area contributed by atoms with Gasteiger partial charge in [0.1, 0.15) is 5.56 Å². The summed E-state index contributed by atoms with van der Waals surface area (Å²) < 4.78 is 4.62. The zero-order chi connectivity index (χ0) is 17.0. The SMILES string of the molecule is CNC(=O)C1CCN(c2ccc([N+](=O)[O-])c(C(=O)OC)c2)CC1. The second kappa shape index (κ2) is 7.08. The van der Waals surface area contributed by atoms with Gasteiger partial charge >= 0.3 is 5.97 Å². The fourth-order valence-electron chi connectivity index (χ4n) is 2.76. The quantitative estimate of drug-likeness (QED) is 0.510. The molecule has 1 aromatic carbocycles. The van der Waals surface area contributed by atoms with Gasteiger partial charge in [-0.3, -0.25) is 14.9 Å². The van der Waals surface area contributed by atoms with Crippen LogP contribution in [0.25, 0.3) is 0 Å². The highest BCUT2D eigenvalue weighted by Crippen LogP contribution is 2.28. The molecule has 1 aliphatic heterocycles. The van der Waals surface area contributed by atoms with Crippen LogP contribution in [-0.4, -0.2) is 44.0 Å². The standard InChI is InChI=1S/C15H19N3O5/c1-16-14(19)10-5-7-17(8-6-10)11-3-4-13(18(21)22)12(9-11)15(20)23-2/h3-4,9-10H,5-8H2,1-2H3,(H,16,19). The van der Waals surface area contributed by atoms with Gasteiger partial charge in [0.25, 0.3) is 5.69 Å². The van der Waals surface area contributed by atoms with Crippen LogP contribution in [0.4, 0.5) is 11.4 Å². The number of hydrogen-bond acceptors (Lipinski definition) is 6. The van der Waals surface area contributed by atoms with E-state index >= 15 is 0 Å². The van der Waals surface area contributed by atoms with Crippen molar-refractivity contribution in [3.63, 3.8) is 0 Å². The summed E-state index contributed by atoms with van der Waals surface area (Å²) >= 11 is 0. The summed E-state index contributed by atoms with van der Waals surface area (Å²) in [5.41, 5.74) is 0.371. The Labute approximate surface area is 133 Å². The van der Waals surface area contributed by atoms with Gasteiger partial charge in [0.15, 0.2) is 0 Å². The Morgan fingerprint density at radius 2 is 2.00 bits per heavy atom.